The van der Waals surface area contributed by atoms with E-state index in [2.05, 4.69) is 4.98 Å². The molecule has 0 aliphatic heterocycles. The lowest BCUT2D eigenvalue weighted by Gasteiger charge is -2.16. The molecule has 0 radical (unpaired) electrons. The molecule has 0 saturated heterocycles. The highest BCUT2D eigenvalue weighted by molar-refractivity contribution is 5.71. The molecule has 2 aromatic heterocycles. The maximum absolute atomic E-state index is 13.1. The van der Waals surface area contributed by atoms with Gasteiger partial charge < -0.3 is 4.57 Å². The van der Waals surface area contributed by atoms with Crippen LogP contribution in [0.4, 0.5) is 52.7 Å². The van der Waals surface area contributed by atoms with Gasteiger partial charge >= 0.3 is 30.4 Å². The summed E-state index contributed by atoms with van der Waals surface area (Å²) in [5.41, 5.74) is -8.37. The minimum absolute atomic E-state index is 0.773. The number of rotatable bonds is 3. The Balaban J connectivity index is 3.08. The Bertz CT molecular complexity index is 1060. The van der Waals surface area contributed by atoms with Crippen LogP contribution in [-0.4, -0.2) is 37.2 Å². The van der Waals surface area contributed by atoms with Gasteiger partial charge in [0.2, 0.25) is 5.82 Å². The third-order valence-electron chi connectivity index (χ3n) is 3.38. The second-order valence-corrected chi connectivity index (χ2v) is 5.80. The van der Waals surface area contributed by atoms with Gasteiger partial charge in [0.05, 0.1) is 0 Å². The lowest BCUT2D eigenvalue weighted by Crippen LogP contribution is -2.45. The van der Waals surface area contributed by atoms with Crippen molar-refractivity contribution in [3.8, 4) is 0 Å². The van der Waals surface area contributed by atoms with Crippen molar-refractivity contribution in [3.63, 3.8) is 0 Å². The van der Waals surface area contributed by atoms with Crippen LogP contribution >= 0.6 is 0 Å². The summed E-state index contributed by atoms with van der Waals surface area (Å²) < 4.78 is 151. The SMILES string of the molecule is O=c1c2c(nc(C(F)(F)F)n2CC(F)(F)F)n(CC(F)(F)F)c(=O)n1CC(F)(F)F. The van der Waals surface area contributed by atoms with Gasteiger partial charge in [0, 0.05) is 0 Å². The number of imidazole rings is 1. The Morgan fingerprint density at radius 3 is 1.43 bits per heavy atom. The van der Waals surface area contributed by atoms with Crippen LogP contribution in [0.2, 0.25) is 0 Å². The molecule has 2 aromatic rings. The third kappa shape index (κ3) is 5.07. The molecule has 30 heavy (non-hydrogen) atoms. The molecular formula is C12H6F12N4O2. The molecule has 0 saturated carbocycles. The average molecular weight is 466 g/mol. The van der Waals surface area contributed by atoms with E-state index < -0.39 is 86.3 Å². The first-order chi connectivity index (χ1) is 13.2. The van der Waals surface area contributed by atoms with Crippen LogP contribution in [0.1, 0.15) is 5.82 Å². The standard InChI is InChI=1S/C12H6F12N4O2/c13-9(14,15)1-26-4-5(25-7(26)12(22,23)24)27(2-10(16,17)18)8(30)28(6(4)29)3-11(19,20)21/h1-3H2. The molecule has 6 nitrogen and oxygen atoms in total. The molecule has 18 heteroatoms. The number of fused-ring (bicyclic) bond motifs is 1. The second-order valence-electron chi connectivity index (χ2n) is 5.80. The number of halogens is 12. The van der Waals surface area contributed by atoms with Gasteiger partial charge in [-0.05, 0) is 0 Å². The molecule has 170 valence electrons. The molecular weight excluding hydrogens is 460 g/mol. The van der Waals surface area contributed by atoms with Gasteiger partial charge in [0.15, 0.2) is 11.2 Å². The minimum atomic E-state index is -5.76. The Morgan fingerprint density at radius 1 is 0.633 bits per heavy atom. The highest BCUT2D eigenvalue weighted by Gasteiger charge is 2.43. The van der Waals surface area contributed by atoms with Gasteiger partial charge in [-0.2, -0.15) is 52.7 Å². The van der Waals surface area contributed by atoms with Crippen LogP contribution in [0.25, 0.3) is 11.2 Å². The molecule has 0 unspecified atom stereocenters. The highest BCUT2D eigenvalue weighted by atomic mass is 19.4. The highest BCUT2D eigenvalue weighted by Crippen LogP contribution is 2.33. The Morgan fingerprint density at radius 2 is 1.03 bits per heavy atom. The van der Waals surface area contributed by atoms with Crippen molar-refractivity contribution >= 4 is 11.2 Å². The van der Waals surface area contributed by atoms with Crippen molar-refractivity contribution in [1.29, 1.82) is 0 Å². The summed E-state index contributed by atoms with van der Waals surface area (Å²) in [5, 5.41) is 0. The fourth-order valence-corrected chi connectivity index (χ4v) is 2.48. The van der Waals surface area contributed by atoms with Gasteiger partial charge in [-0.25, -0.2) is 14.3 Å². The summed E-state index contributed by atoms with van der Waals surface area (Å²) >= 11 is 0. The lowest BCUT2D eigenvalue weighted by molar-refractivity contribution is -0.160. The van der Waals surface area contributed by atoms with Crippen molar-refractivity contribution in [2.24, 2.45) is 0 Å². The topological polar surface area (TPSA) is 61.8 Å². The molecule has 0 aliphatic rings. The molecule has 0 aromatic carbocycles. The number of hydrogen-bond acceptors (Lipinski definition) is 3. The Labute approximate surface area is 154 Å². The number of nitrogens with zero attached hydrogens (tertiary/aromatic N) is 4. The monoisotopic (exact) mass is 466 g/mol. The lowest BCUT2D eigenvalue weighted by atomic mass is 10.4. The third-order valence-corrected chi connectivity index (χ3v) is 3.38. The van der Waals surface area contributed by atoms with E-state index in [9.17, 15) is 62.3 Å². The van der Waals surface area contributed by atoms with Gasteiger partial charge in [-0.1, -0.05) is 0 Å². The first-order valence-electron chi connectivity index (χ1n) is 7.22. The van der Waals surface area contributed by atoms with Crippen LogP contribution in [0.3, 0.4) is 0 Å². The van der Waals surface area contributed by atoms with E-state index in [0.29, 0.717) is 0 Å². The predicted molar refractivity (Wildman–Crippen MR) is 71.4 cm³/mol. The number of alkyl halides is 12. The summed E-state index contributed by atoms with van der Waals surface area (Å²) in [6.45, 7) is -7.69. The summed E-state index contributed by atoms with van der Waals surface area (Å²) in [5.74, 6) is -2.52. The smallest absolute Gasteiger partial charge is 0.305 e. The molecule has 0 spiro atoms. The van der Waals surface area contributed by atoms with E-state index in [1.165, 1.54) is 0 Å². The largest absolute Gasteiger partial charge is 0.449 e. The van der Waals surface area contributed by atoms with E-state index in [1.54, 1.807) is 0 Å². The van der Waals surface area contributed by atoms with Gasteiger partial charge in [-0.15, -0.1) is 0 Å². The van der Waals surface area contributed by atoms with Crippen LogP contribution in [0, 0.1) is 0 Å². The van der Waals surface area contributed by atoms with E-state index in [0.717, 1.165) is 0 Å². The maximum Gasteiger partial charge on any atom is 0.449 e. The zero-order chi connectivity index (χ0) is 23.4. The van der Waals surface area contributed by atoms with Gasteiger partial charge in [0.25, 0.3) is 5.56 Å². The Hall–Kier alpha value is -2.69. The molecule has 0 fully saturated rings. The van der Waals surface area contributed by atoms with Crippen molar-refractivity contribution in [2.75, 3.05) is 0 Å². The quantitative estimate of drug-likeness (QED) is 0.654. The fraction of sp³-hybridized carbons (Fsp3) is 0.583. The predicted octanol–water partition coefficient (Wildman–Crippen LogP) is 3.07. The Kier molecular flexibility index (Phi) is 5.45. The summed E-state index contributed by atoms with van der Waals surface area (Å²) in [4.78, 5) is 26.7. The molecule has 0 atom stereocenters. The average Bonchev–Trinajstić information content (AvgIpc) is 2.83. The van der Waals surface area contributed by atoms with Crippen molar-refractivity contribution in [2.45, 2.75) is 44.3 Å². The zero-order valence-corrected chi connectivity index (χ0v) is 13.8. The van der Waals surface area contributed by atoms with Crippen LogP contribution in [0.5, 0.6) is 0 Å². The van der Waals surface area contributed by atoms with Crippen molar-refractivity contribution < 1.29 is 52.7 Å². The number of hydrogen-bond donors (Lipinski definition) is 0. The van der Waals surface area contributed by atoms with Crippen molar-refractivity contribution in [1.82, 2.24) is 18.7 Å². The van der Waals surface area contributed by atoms with E-state index >= 15 is 0 Å². The van der Waals surface area contributed by atoms with E-state index in [4.69, 9.17) is 0 Å². The second kappa shape index (κ2) is 6.93. The van der Waals surface area contributed by atoms with Crippen LogP contribution in [-0.2, 0) is 25.8 Å². The summed E-state index contributed by atoms with van der Waals surface area (Å²) in [6, 6.07) is 0. The van der Waals surface area contributed by atoms with E-state index in [1.807, 2.05) is 0 Å². The van der Waals surface area contributed by atoms with E-state index in [-0.39, 0.29) is 0 Å². The first-order valence-corrected chi connectivity index (χ1v) is 7.22. The zero-order valence-electron chi connectivity index (χ0n) is 13.8. The maximum atomic E-state index is 13.1. The first kappa shape index (κ1) is 23.6. The summed E-state index contributed by atoms with van der Waals surface area (Å²) in [7, 11) is 0. The summed E-state index contributed by atoms with van der Waals surface area (Å²) in [6.07, 6.45) is -22.1. The van der Waals surface area contributed by atoms with Crippen molar-refractivity contribution in [3.05, 3.63) is 26.7 Å². The molecule has 0 amide bonds. The normalized spacial score (nSPS) is 14.0. The molecule has 2 rings (SSSR count). The minimum Gasteiger partial charge on any atom is -0.305 e. The number of aromatic nitrogens is 4. The molecule has 2 heterocycles. The van der Waals surface area contributed by atoms with Gasteiger partial charge in [0.1, 0.15) is 19.6 Å². The molecule has 0 aliphatic carbocycles. The van der Waals surface area contributed by atoms with Crippen LogP contribution < -0.4 is 11.2 Å². The van der Waals surface area contributed by atoms with Crippen LogP contribution in [0.15, 0.2) is 9.59 Å². The van der Waals surface area contributed by atoms with Gasteiger partial charge in [-0.3, -0.25) is 9.36 Å². The fourth-order valence-electron chi connectivity index (χ4n) is 2.48. The molecule has 0 N–H and O–H groups in total. The molecule has 0 bridgehead atoms.